The third kappa shape index (κ3) is 4.63. The molecule has 1 unspecified atom stereocenters. The molecule has 0 aliphatic carbocycles. The normalized spacial score (nSPS) is 22.8. The van der Waals surface area contributed by atoms with E-state index in [0.717, 1.165) is 17.9 Å². The second-order valence-electron chi connectivity index (χ2n) is 3.47. The summed E-state index contributed by atoms with van der Waals surface area (Å²) in [4.78, 5) is 0. The van der Waals surface area contributed by atoms with Crippen LogP contribution in [0.25, 0.3) is 0 Å². The van der Waals surface area contributed by atoms with E-state index in [1.54, 1.807) is 0 Å². The van der Waals surface area contributed by atoms with Gasteiger partial charge in [-0.15, -0.1) is 0 Å². The zero-order valence-corrected chi connectivity index (χ0v) is 9.74. The predicted molar refractivity (Wildman–Crippen MR) is 58.9 cm³/mol. The first-order chi connectivity index (χ1) is 6.64. The van der Waals surface area contributed by atoms with Crippen molar-refractivity contribution in [3.63, 3.8) is 0 Å². The van der Waals surface area contributed by atoms with Crippen LogP contribution >= 0.6 is 11.8 Å². The second-order valence-corrected chi connectivity index (χ2v) is 6.55. The van der Waals surface area contributed by atoms with Gasteiger partial charge in [-0.3, -0.25) is 0 Å². The highest BCUT2D eigenvalue weighted by Crippen LogP contribution is 2.22. The van der Waals surface area contributed by atoms with Crippen molar-refractivity contribution in [3.8, 4) is 0 Å². The van der Waals surface area contributed by atoms with Gasteiger partial charge in [0.15, 0.2) is 0 Å². The van der Waals surface area contributed by atoms with Crippen molar-refractivity contribution >= 4 is 21.8 Å². The lowest BCUT2D eigenvalue weighted by atomic mass is 10.1. The maximum absolute atomic E-state index is 11.3. The van der Waals surface area contributed by atoms with Crippen LogP contribution in [0.2, 0.25) is 0 Å². The largest absolute Gasteiger partial charge is 0.396 e. The van der Waals surface area contributed by atoms with E-state index in [0.29, 0.717) is 18.9 Å². The van der Waals surface area contributed by atoms with Crippen LogP contribution in [-0.2, 0) is 10.0 Å². The molecule has 84 valence electrons. The molecule has 0 spiro atoms. The monoisotopic (exact) mass is 239 g/mol. The third-order valence-electron chi connectivity index (χ3n) is 2.19. The van der Waals surface area contributed by atoms with Gasteiger partial charge >= 0.3 is 0 Å². The molecule has 6 heteroatoms. The van der Waals surface area contributed by atoms with Gasteiger partial charge in [0.1, 0.15) is 0 Å². The summed E-state index contributed by atoms with van der Waals surface area (Å²) in [7, 11) is -3.15. The highest BCUT2D eigenvalue weighted by Gasteiger charge is 2.18. The lowest BCUT2D eigenvalue weighted by Gasteiger charge is -2.09. The molecule has 14 heavy (non-hydrogen) atoms. The number of aliphatic hydroxyl groups excluding tert-OH is 1. The predicted octanol–water partition coefficient (Wildman–Crippen LogP) is 0.0413. The van der Waals surface area contributed by atoms with Gasteiger partial charge in [-0.05, 0) is 30.3 Å². The first kappa shape index (κ1) is 12.3. The number of aliphatic hydroxyl groups is 1. The van der Waals surface area contributed by atoms with Crippen molar-refractivity contribution in [2.45, 2.75) is 12.8 Å². The molecule has 1 aliphatic rings. The zero-order chi connectivity index (χ0) is 10.4. The average molecular weight is 239 g/mol. The van der Waals surface area contributed by atoms with Crippen LogP contribution in [0.15, 0.2) is 0 Å². The van der Waals surface area contributed by atoms with E-state index in [1.165, 1.54) is 0 Å². The first-order valence-electron chi connectivity index (χ1n) is 4.80. The standard InChI is InChI=1S/C8H17NO3S2/c10-3-1-5-14(11,12)9-6-8-2-4-13-7-8/h8-10H,1-7H2. The Morgan fingerprint density at radius 3 is 2.86 bits per heavy atom. The third-order valence-corrected chi connectivity index (χ3v) is 4.85. The van der Waals surface area contributed by atoms with E-state index in [-0.39, 0.29) is 12.4 Å². The van der Waals surface area contributed by atoms with Gasteiger partial charge in [0.25, 0.3) is 0 Å². The number of sulfonamides is 1. The molecular weight excluding hydrogens is 222 g/mol. The fraction of sp³-hybridized carbons (Fsp3) is 1.00. The molecule has 1 fully saturated rings. The van der Waals surface area contributed by atoms with Crippen molar-refractivity contribution in [1.82, 2.24) is 4.72 Å². The highest BCUT2D eigenvalue weighted by molar-refractivity contribution is 7.99. The molecule has 1 rings (SSSR count). The maximum atomic E-state index is 11.3. The molecule has 1 atom stereocenters. The van der Waals surface area contributed by atoms with E-state index >= 15 is 0 Å². The Morgan fingerprint density at radius 1 is 1.50 bits per heavy atom. The molecule has 0 saturated carbocycles. The molecule has 0 aromatic heterocycles. The Kier molecular flexibility index (Phi) is 5.22. The number of hydrogen-bond acceptors (Lipinski definition) is 4. The van der Waals surface area contributed by atoms with Gasteiger partial charge in [-0.25, -0.2) is 13.1 Å². The van der Waals surface area contributed by atoms with Crippen molar-refractivity contribution in [3.05, 3.63) is 0 Å². The Labute approximate surface area is 89.5 Å². The van der Waals surface area contributed by atoms with Gasteiger partial charge in [0.2, 0.25) is 10.0 Å². The molecule has 1 aliphatic heterocycles. The van der Waals surface area contributed by atoms with Crippen LogP contribution in [0.5, 0.6) is 0 Å². The molecule has 1 saturated heterocycles. The van der Waals surface area contributed by atoms with Crippen LogP contribution in [-0.4, -0.2) is 43.9 Å². The summed E-state index contributed by atoms with van der Waals surface area (Å²) >= 11 is 1.88. The van der Waals surface area contributed by atoms with Gasteiger partial charge in [0, 0.05) is 13.2 Å². The second kappa shape index (κ2) is 5.95. The first-order valence-corrected chi connectivity index (χ1v) is 7.60. The Hall–Kier alpha value is 0.220. The average Bonchev–Trinajstić information content (AvgIpc) is 2.64. The SMILES string of the molecule is O=S(=O)(CCCO)NCC1CCSC1. The molecule has 1 heterocycles. The van der Waals surface area contributed by atoms with E-state index in [1.807, 2.05) is 11.8 Å². The quantitative estimate of drug-likeness (QED) is 0.687. The number of thioether (sulfide) groups is 1. The van der Waals surface area contributed by atoms with Gasteiger partial charge in [-0.1, -0.05) is 0 Å². The molecule has 0 aromatic carbocycles. The zero-order valence-electron chi connectivity index (χ0n) is 8.11. The molecule has 0 amide bonds. The van der Waals surface area contributed by atoms with Crippen molar-refractivity contribution in [2.75, 3.05) is 30.4 Å². The minimum Gasteiger partial charge on any atom is -0.396 e. The maximum Gasteiger partial charge on any atom is 0.211 e. The molecule has 0 bridgehead atoms. The summed E-state index contributed by atoms with van der Waals surface area (Å²) in [6.45, 7) is 0.487. The Morgan fingerprint density at radius 2 is 2.29 bits per heavy atom. The Balaban J connectivity index is 2.21. The highest BCUT2D eigenvalue weighted by atomic mass is 32.2. The topological polar surface area (TPSA) is 66.4 Å². The molecular formula is C8H17NO3S2. The summed E-state index contributed by atoms with van der Waals surface area (Å²) < 4.78 is 25.2. The van der Waals surface area contributed by atoms with Crippen LogP contribution in [0.1, 0.15) is 12.8 Å². The van der Waals surface area contributed by atoms with E-state index in [2.05, 4.69) is 4.72 Å². The van der Waals surface area contributed by atoms with Crippen LogP contribution < -0.4 is 4.72 Å². The summed E-state index contributed by atoms with van der Waals surface area (Å²) in [6, 6.07) is 0. The minimum absolute atomic E-state index is 0.0311. The smallest absolute Gasteiger partial charge is 0.211 e. The minimum atomic E-state index is -3.15. The van der Waals surface area contributed by atoms with Gasteiger partial charge in [0.05, 0.1) is 5.75 Å². The molecule has 2 N–H and O–H groups in total. The number of hydrogen-bond donors (Lipinski definition) is 2. The lowest BCUT2D eigenvalue weighted by Crippen LogP contribution is -2.31. The molecule has 0 aromatic rings. The van der Waals surface area contributed by atoms with Crippen LogP contribution in [0.3, 0.4) is 0 Å². The van der Waals surface area contributed by atoms with E-state index < -0.39 is 10.0 Å². The van der Waals surface area contributed by atoms with Gasteiger partial charge < -0.3 is 5.11 Å². The number of nitrogens with one attached hydrogen (secondary N) is 1. The molecule has 0 radical (unpaired) electrons. The van der Waals surface area contributed by atoms with E-state index in [9.17, 15) is 8.42 Å². The van der Waals surface area contributed by atoms with Crippen LogP contribution in [0.4, 0.5) is 0 Å². The van der Waals surface area contributed by atoms with E-state index in [4.69, 9.17) is 5.11 Å². The van der Waals surface area contributed by atoms with Crippen LogP contribution in [0, 0.1) is 5.92 Å². The molecule has 4 nitrogen and oxygen atoms in total. The fourth-order valence-corrected chi connectivity index (χ4v) is 3.74. The van der Waals surface area contributed by atoms with Crippen molar-refractivity contribution in [1.29, 1.82) is 0 Å². The van der Waals surface area contributed by atoms with Crippen molar-refractivity contribution < 1.29 is 13.5 Å². The van der Waals surface area contributed by atoms with Gasteiger partial charge in [-0.2, -0.15) is 11.8 Å². The lowest BCUT2D eigenvalue weighted by molar-refractivity contribution is 0.295. The summed E-state index contributed by atoms with van der Waals surface area (Å²) in [6.07, 6.45) is 1.42. The summed E-state index contributed by atoms with van der Waals surface area (Å²) in [5.74, 6) is 2.72. The summed E-state index contributed by atoms with van der Waals surface area (Å²) in [5, 5.41) is 8.51. The van der Waals surface area contributed by atoms with Crippen molar-refractivity contribution in [2.24, 2.45) is 5.92 Å². The number of rotatable bonds is 6. The Bertz CT molecular complexity index is 247. The summed E-state index contributed by atoms with van der Waals surface area (Å²) in [5.41, 5.74) is 0. The fourth-order valence-electron chi connectivity index (χ4n) is 1.32.